The molecule has 0 unspecified atom stereocenters. The molecule has 178 valence electrons. The lowest BCUT2D eigenvalue weighted by Crippen LogP contribution is -2.49. The largest absolute Gasteiger partial charge is 0.387 e. The molecule has 3 N–H and O–H groups in total. The fourth-order valence-corrected chi connectivity index (χ4v) is 4.69. The number of anilines is 1. The molecular weight excluding hydrogens is 483 g/mol. The molecule has 9 heteroatoms. The van der Waals surface area contributed by atoms with Crippen LogP contribution in [0.3, 0.4) is 0 Å². The highest BCUT2D eigenvalue weighted by atomic mass is 35.5. The van der Waals surface area contributed by atoms with Gasteiger partial charge in [0.15, 0.2) is 0 Å². The molecule has 1 aliphatic heterocycles. The van der Waals surface area contributed by atoms with E-state index >= 15 is 0 Å². The Bertz CT molecular complexity index is 1170. The SMILES string of the molecule is NC(=O)c1ccc(N2CCN(C[C@@H](O)c3cc(F)cc(F)c3)C[C@H]2c2ccc(Cl)cc2)c(Cl)c1. The van der Waals surface area contributed by atoms with Crippen molar-refractivity contribution in [1.29, 1.82) is 0 Å². The molecule has 4 rings (SSSR count). The van der Waals surface area contributed by atoms with Crippen LogP contribution >= 0.6 is 23.2 Å². The summed E-state index contributed by atoms with van der Waals surface area (Å²) in [6, 6.07) is 15.3. The van der Waals surface area contributed by atoms with Gasteiger partial charge in [-0.2, -0.15) is 0 Å². The predicted octanol–water partition coefficient (Wildman–Crippen LogP) is 4.97. The van der Waals surface area contributed by atoms with E-state index in [0.29, 0.717) is 35.2 Å². The lowest BCUT2D eigenvalue weighted by atomic mass is 10.00. The molecule has 0 aliphatic carbocycles. The van der Waals surface area contributed by atoms with Crippen LogP contribution in [0, 0.1) is 11.6 Å². The van der Waals surface area contributed by atoms with Crippen LogP contribution < -0.4 is 10.6 Å². The first-order valence-corrected chi connectivity index (χ1v) is 11.4. The van der Waals surface area contributed by atoms with E-state index in [1.807, 2.05) is 17.0 Å². The first kappa shape index (κ1) is 24.4. The first-order chi connectivity index (χ1) is 16.2. The minimum atomic E-state index is -1.05. The van der Waals surface area contributed by atoms with E-state index in [1.54, 1.807) is 30.3 Å². The Morgan fingerprint density at radius 3 is 2.32 bits per heavy atom. The number of nitrogens with zero attached hydrogens (tertiary/aromatic N) is 2. The third-order valence-electron chi connectivity index (χ3n) is 5.96. The topological polar surface area (TPSA) is 69.8 Å². The van der Waals surface area contributed by atoms with E-state index < -0.39 is 23.6 Å². The van der Waals surface area contributed by atoms with Gasteiger partial charge in [0.05, 0.1) is 22.9 Å². The standard InChI is InChI=1S/C25H23Cl2F2N3O2/c26-18-4-1-15(2-5-18)23-13-31(14-24(33)17-9-19(28)12-20(29)10-17)7-8-32(23)22-6-3-16(25(30)34)11-21(22)27/h1-6,9-12,23-24,33H,7-8,13-14H2,(H2,30,34)/t23-,24+/m0/s1. The van der Waals surface area contributed by atoms with Crippen LogP contribution in [0.4, 0.5) is 14.5 Å². The summed E-state index contributed by atoms with van der Waals surface area (Å²) in [6.07, 6.45) is -1.05. The van der Waals surface area contributed by atoms with Crippen molar-refractivity contribution in [2.75, 3.05) is 31.1 Å². The van der Waals surface area contributed by atoms with Crippen LogP contribution in [0.15, 0.2) is 60.7 Å². The summed E-state index contributed by atoms with van der Waals surface area (Å²) in [5.41, 5.74) is 7.61. The number of hydrogen-bond acceptors (Lipinski definition) is 4. The Kier molecular flexibility index (Phi) is 7.38. The van der Waals surface area contributed by atoms with Crippen molar-refractivity contribution < 1.29 is 18.7 Å². The molecule has 5 nitrogen and oxygen atoms in total. The molecule has 0 saturated carbocycles. The van der Waals surface area contributed by atoms with Gasteiger partial charge in [-0.25, -0.2) is 8.78 Å². The van der Waals surface area contributed by atoms with E-state index in [4.69, 9.17) is 28.9 Å². The van der Waals surface area contributed by atoms with Gasteiger partial charge < -0.3 is 15.7 Å². The molecule has 0 radical (unpaired) electrons. The third-order valence-corrected chi connectivity index (χ3v) is 6.52. The number of amides is 1. The lowest BCUT2D eigenvalue weighted by molar-refractivity contribution is 0.0999. The van der Waals surface area contributed by atoms with Crippen molar-refractivity contribution in [3.63, 3.8) is 0 Å². The van der Waals surface area contributed by atoms with E-state index in [9.17, 15) is 18.7 Å². The molecular formula is C25H23Cl2F2N3O2. The number of carbonyl (C=O) groups excluding carboxylic acids is 1. The summed E-state index contributed by atoms with van der Waals surface area (Å²) >= 11 is 12.6. The van der Waals surface area contributed by atoms with Crippen LogP contribution in [-0.4, -0.2) is 42.1 Å². The fourth-order valence-electron chi connectivity index (χ4n) is 4.27. The molecule has 0 spiro atoms. The number of benzene rings is 3. The van der Waals surface area contributed by atoms with Gasteiger partial charge in [0, 0.05) is 42.8 Å². The maximum absolute atomic E-state index is 13.6. The number of primary amides is 1. The Labute approximate surface area is 206 Å². The van der Waals surface area contributed by atoms with Crippen molar-refractivity contribution in [1.82, 2.24) is 4.90 Å². The second kappa shape index (κ2) is 10.3. The minimum absolute atomic E-state index is 0.153. The summed E-state index contributed by atoms with van der Waals surface area (Å²) in [6.45, 7) is 1.86. The third kappa shape index (κ3) is 5.50. The van der Waals surface area contributed by atoms with Crippen LogP contribution in [0.5, 0.6) is 0 Å². The molecule has 1 saturated heterocycles. The number of aliphatic hydroxyl groups is 1. The van der Waals surface area contributed by atoms with Gasteiger partial charge in [-0.05, 0) is 53.6 Å². The number of halogens is 4. The molecule has 0 bridgehead atoms. The molecule has 1 aliphatic rings. The second-order valence-corrected chi connectivity index (χ2v) is 9.11. The second-order valence-electron chi connectivity index (χ2n) is 8.27. The molecule has 3 aromatic rings. The number of piperazine rings is 1. The van der Waals surface area contributed by atoms with Crippen molar-refractivity contribution in [3.8, 4) is 0 Å². The van der Waals surface area contributed by atoms with Crippen LogP contribution in [0.2, 0.25) is 10.0 Å². The van der Waals surface area contributed by atoms with Gasteiger partial charge in [0.1, 0.15) is 11.6 Å². The number of hydrogen-bond donors (Lipinski definition) is 2. The predicted molar refractivity (Wildman–Crippen MR) is 129 cm³/mol. The molecule has 0 aromatic heterocycles. The van der Waals surface area contributed by atoms with E-state index in [2.05, 4.69) is 4.90 Å². The van der Waals surface area contributed by atoms with Crippen molar-refractivity contribution in [2.45, 2.75) is 12.1 Å². The van der Waals surface area contributed by atoms with Gasteiger partial charge in [0.25, 0.3) is 0 Å². The summed E-state index contributed by atoms with van der Waals surface area (Å²) in [4.78, 5) is 15.7. The summed E-state index contributed by atoms with van der Waals surface area (Å²) in [5.74, 6) is -2.02. The molecule has 1 amide bonds. The zero-order valence-corrected chi connectivity index (χ0v) is 19.6. The molecule has 34 heavy (non-hydrogen) atoms. The maximum atomic E-state index is 13.6. The van der Waals surface area contributed by atoms with Gasteiger partial charge in [-0.1, -0.05) is 35.3 Å². The summed E-state index contributed by atoms with van der Waals surface area (Å²) < 4.78 is 27.2. The number of carbonyl (C=O) groups is 1. The molecule has 3 aromatic carbocycles. The zero-order valence-electron chi connectivity index (χ0n) is 18.1. The average molecular weight is 506 g/mol. The van der Waals surface area contributed by atoms with Crippen molar-refractivity contribution in [3.05, 3.63) is 99.0 Å². The quantitative estimate of drug-likeness (QED) is 0.496. The van der Waals surface area contributed by atoms with Crippen molar-refractivity contribution in [2.24, 2.45) is 5.73 Å². The maximum Gasteiger partial charge on any atom is 0.248 e. The van der Waals surface area contributed by atoms with Gasteiger partial charge in [0.2, 0.25) is 5.91 Å². The number of aliphatic hydroxyl groups excluding tert-OH is 1. The lowest BCUT2D eigenvalue weighted by Gasteiger charge is -2.44. The summed E-state index contributed by atoms with van der Waals surface area (Å²) in [7, 11) is 0. The fraction of sp³-hybridized carbons (Fsp3) is 0.240. The Hall–Kier alpha value is -2.71. The number of rotatable bonds is 6. The smallest absolute Gasteiger partial charge is 0.248 e. The molecule has 2 atom stereocenters. The minimum Gasteiger partial charge on any atom is -0.387 e. The van der Waals surface area contributed by atoms with Gasteiger partial charge >= 0.3 is 0 Å². The van der Waals surface area contributed by atoms with Gasteiger partial charge in [-0.3, -0.25) is 9.69 Å². The van der Waals surface area contributed by atoms with Crippen molar-refractivity contribution >= 4 is 34.8 Å². The first-order valence-electron chi connectivity index (χ1n) is 10.7. The van der Waals surface area contributed by atoms with E-state index in [0.717, 1.165) is 29.4 Å². The highest BCUT2D eigenvalue weighted by molar-refractivity contribution is 6.33. The van der Waals surface area contributed by atoms with Crippen LogP contribution in [0.25, 0.3) is 0 Å². The number of nitrogens with two attached hydrogens (primary N) is 1. The van der Waals surface area contributed by atoms with Crippen LogP contribution in [0.1, 0.15) is 33.6 Å². The number of β-amino-alcohol motifs (C(OH)–C–C–N with tert-alkyl or cyclic N) is 1. The Morgan fingerprint density at radius 2 is 1.71 bits per heavy atom. The highest BCUT2D eigenvalue weighted by Crippen LogP contribution is 2.36. The van der Waals surface area contributed by atoms with Crippen LogP contribution in [-0.2, 0) is 0 Å². The Morgan fingerprint density at radius 1 is 1.03 bits per heavy atom. The Balaban J connectivity index is 1.60. The summed E-state index contributed by atoms with van der Waals surface area (Å²) in [5, 5.41) is 11.7. The van der Waals surface area contributed by atoms with E-state index in [1.165, 1.54) is 0 Å². The monoisotopic (exact) mass is 505 g/mol. The normalized spacial score (nSPS) is 17.6. The average Bonchev–Trinajstić information content (AvgIpc) is 2.79. The molecule has 1 heterocycles. The van der Waals surface area contributed by atoms with Gasteiger partial charge in [-0.15, -0.1) is 0 Å². The molecule has 1 fully saturated rings. The highest BCUT2D eigenvalue weighted by Gasteiger charge is 2.31. The van der Waals surface area contributed by atoms with E-state index in [-0.39, 0.29) is 18.2 Å². The zero-order chi connectivity index (χ0) is 24.4.